The van der Waals surface area contributed by atoms with Crippen LogP contribution in [0, 0.1) is 18.2 Å². The van der Waals surface area contributed by atoms with Crippen LogP contribution in [0.15, 0.2) is 23.2 Å². The van der Waals surface area contributed by atoms with Crippen LogP contribution >= 0.6 is 11.6 Å². The first kappa shape index (κ1) is 10.6. The summed E-state index contributed by atoms with van der Waals surface area (Å²) >= 11 is 5.40. The molecule has 0 spiro atoms. The van der Waals surface area contributed by atoms with Gasteiger partial charge in [-0.3, -0.25) is 0 Å². The van der Waals surface area contributed by atoms with E-state index < -0.39 is 5.82 Å². The molecule has 0 amide bonds. The summed E-state index contributed by atoms with van der Waals surface area (Å²) in [6.45, 7) is 0. The Bertz CT molecular complexity index is 407. The summed E-state index contributed by atoms with van der Waals surface area (Å²) in [5.74, 6) is 2.04. The van der Waals surface area contributed by atoms with Gasteiger partial charge in [-0.1, -0.05) is 5.92 Å². The van der Waals surface area contributed by atoms with Crippen LogP contribution < -0.4 is 5.73 Å². The molecule has 1 aromatic carbocycles. The molecule has 4 heteroatoms. The van der Waals surface area contributed by atoms with Crippen molar-refractivity contribution in [1.82, 2.24) is 0 Å². The number of nitrogens with zero attached hydrogens (tertiary/aromatic N) is 1. The van der Waals surface area contributed by atoms with Crippen molar-refractivity contribution in [2.45, 2.75) is 0 Å². The second kappa shape index (κ2) is 4.64. The molecule has 0 bridgehead atoms. The lowest BCUT2D eigenvalue weighted by molar-refractivity contribution is 0.629. The van der Waals surface area contributed by atoms with E-state index in [1.54, 1.807) is 6.07 Å². The van der Waals surface area contributed by atoms with Crippen LogP contribution in [0.1, 0.15) is 5.56 Å². The second-order valence-electron chi connectivity index (χ2n) is 2.55. The Morgan fingerprint density at radius 3 is 2.86 bits per heavy atom. The molecule has 0 heterocycles. The van der Waals surface area contributed by atoms with E-state index in [4.69, 9.17) is 23.8 Å². The van der Waals surface area contributed by atoms with Gasteiger partial charge in [0, 0.05) is 5.56 Å². The van der Waals surface area contributed by atoms with E-state index in [0.29, 0.717) is 5.56 Å². The van der Waals surface area contributed by atoms with Gasteiger partial charge in [-0.25, -0.2) is 9.38 Å². The molecule has 0 aliphatic carbocycles. The smallest absolute Gasteiger partial charge is 0.150 e. The molecule has 2 nitrogen and oxygen atoms in total. The molecular weight excluding hydrogens is 203 g/mol. The summed E-state index contributed by atoms with van der Waals surface area (Å²) in [5.41, 5.74) is 5.96. The third kappa shape index (κ3) is 2.48. The summed E-state index contributed by atoms with van der Waals surface area (Å²) in [6, 6.07) is 4.27. The number of halogens is 2. The highest BCUT2D eigenvalue weighted by Gasteiger charge is 2.01. The molecule has 0 fully saturated rings. The van der Waals surface area contributed by atoms with Crippen molar-refractivity contribution in [3.8, 4) is 12.3 Å². The normalized spacial score (nSPS) is 11.1. The first-order valence-electron chi connectivity index (χ1n) is 3.82. The van der Waals surface area contributed by atoms with E-state index in [9.17, 15) is 4.39 Å². The van der Waals surface area contributed by atoms with Crippen molar-refractivity contribution in [2.24, 2.45) is 10.7 Å². The predicted molar refractivity (Wildman–Crippen MR) is 56.3 cm³/mol. The van der Waals surface area contributed by atoms with Crippen molar-refractivity contribution in [3.05, 3.63) is 29.6 Å². The lowest BCUT2D eigenvalue weighted by Gasteiger charge is -1.99. The monoisotopic (exact) mass is 210 g/mol. The maximum atomic E-state index is 13.2. The first-order chi connectivity index (χ1) is 6.67. The minimum atomic E-state index is -0.506. The zero-order chi connectivity index (χ0) is 10.6. The maximum absolute atomic E-state index is 13.2. The minimum absolute atomic E-state index is 0.0658. The van der Waals surface area contributed by atoms with Crippen molar-refractivity contribution < 1.29 is 4.39 Å². The van der Waals surface area contributed by atoms with Gasteiger partial charge >= 0.3 is 0 Å². The van der Waals surface area contributed by atoms with E-state index in [0.717, 1.165) is 0 Å². The average Bonchev–Trinajstić information content (AvgIpc) is 2.20. The van der Waals surface area contributed by atoms with Gasteiger partial charge in [0.15, 0.2) is 0 Å². The van der Waals surface area contributed by atoms with Crippen molar-refractivity contribution in [1.29, 1.82) is 0 Å². The molecule has 0 aliphatic heterocycles. The Kier molecular flexibility index (Phi) is 3.49. The number of aliphatic imine (C=N–C) groups is 1. The van der Waals surface area contributed by atoms with E-state index in [1.807, 2.05) is 0 Å². The summed E-state index contributed by atoms with van der Waals surface area (Å²) < 4.78 is 13.2. The maximum Gasteiger partial charge on any atom is 0.150 e. The first-order valence-corrected chi connectivity index (χ1v) is 4.36. The summed E-state index contributed by atoms with van der Waals surface area (Å²) in [4.78, 5) is 3.77. The van der Waals surface area contributed by atoms with Crippen LogP contribution in [0.25, 0.3) is 0 Å². The van der Waals surface area contributed by atoms with Crippen LogP contribution in [0.5, 0.6) is 0 Å². The van der Waals surface area contributed by atoms with Gasteiger partial charge in [-0.15, -0.1) is 18.0 Å². The van der Waals surface area contributed by atoms with Crippen molar-refractivity contribution >= 4 is 23.1 Å². The second-order valence-corrected chi connectivity index (χ2v) is 2.81. The summed E-state index contributed by atoms with van der Waals surface area (Å²) in [5, 5.41) is 0. The fraction of sp³-hybridized carbons (Fsp3) is 0.100. The number of nitrogens with two attached hydrogens (primary N) is 1. The molecule has 0 aromatic heterocycles. The number of terminal acetylenes is 1. The molecule has 1 aromatic rings. The Balaban J connectivity index is 3.08. The summed E-state index contributed by atoms with van der Waals surface area (Å²) in [6.07, 6.45) is 5.10. The molecule has 1 rings (SSSR count). The van der Waals surface area contributed by atoms with Gasteiger partial charge in [-0.2, -0.15) is 0 Å². The van der Waals surface area contributed by atoms with Crippen LogP contribution in [0.4, 0.5) is 10.1 Å². The summed E-state index contributed by atoms with van der Waals surface area (Å²) in [7, 11) is 0. The largest absolute Gasteiger partial charge is 0.386 e. The molecule has 0 saturated heterocycles. The highest BCUT2D eigenvalue weighted by Crippen LogP contribution is 2.18. The predicted octanol–water partition coefficient (Wildman–Crippen LogP) is 2.03. The molecule has 0 radical (unpaired) electrons. The standard InChI is InChI=1S/C10H8ClFN2/c1-2-7-3-4-9(8(12)5-7)14-10(13)6-11/h1,3-5H,6H2,(H2,13,14). The topological polar surface area (TPSA) is 38.4 Å². The molecule has 0 saturated carbocycles. The molecule has 14 heavy (non-hydrogen) atoms. The van der Waals surface area contributed by atoms with Crippen molar-refractivity contribution in [2.75, 3.05) is 5.88 Å². The Morgan fingerprint density at radius 2 is 2.36 bits per heavy atom. The van der Waals surface area contributed by atoms with Crippen LogP contribution in [-0.4, -0.2) is 11.7 Å². The number of amidine groups is 1. The lowest BCUT2D eigenvalue weighted by atomic mass is 10.2. The van der Waals surface area contributed by atoms with Gasteiger partial charge in [0.25, 0.3) is 0 Å². The molecule has 2 N–H and O–H groups in total. The highest BCUT2D eigenvalue weighted by molar-refractivity contribution is 6.28. The minimum Gasteiger partial charge on any atom is -0.386 e. The zero-order valence-corrected chi connectivity index (χ0v) is 8.05. The Labute approximate surface area is 86.6 Å². The SMILES string of the molecule is C#Cc1ccc(N=C(N)CCl)c(F)c1. The number of alkyl halides is 1. The molecule has 72 valence electrons. The van der Waals surface area contributed by atoms with Gasteiger partial charge in [-0.05, 0) is 18.2 Å². The number of benzene rings is 1. The zero-order valence-electron chi connectivity index (χ0n) is 7.30. The average molecular weight is 211 g/mol. The highest BCUT2D eigenvalue weighted by atomic mass is 35.5. The van der Waals surface area contributed by atoms with Crippen LogP contribution in [-0.2, 0) is 0 Å². The quantitative estimate of drug-likeness (QED) is 0.345. The molecular formula is C10H8ClFN2. The molecule has 0 unspecified atom stereocenters. The van der Waals surface area contributed by atoms with Crippen molar-refractivity contribution in [3.63, 3.8) is 0 Å². The Hall–Kier alpha value is -1.53. The third-order valence-electron chi connectivity index (χ3n) is 1.52. The van der Waals surface area contributed by atoms with E-state index in [-0.39, 0.29) is 17.4 Å². The van der Waals surface area contributed by atoms with E-state index >= 15 is 0 Å². The third-order valence-corrected chi connectivity index (χ3v) is 1.79. The number of rotatable bonds is 2. The number of hydrogen-bond donors (Lipinski definition) is 1. The van der Waals surface area contributed by atoms with Gasteiger partial charge < -0.3 is 5.73 Å². The molecule has 0 aliphatic rings. The van der Waals surface area contributed by atoms with Crippen LogP contribution in [0.2, 0.25) is 0 Å². The van der Waals surface area contributed by atoms with Gasteiger partial charge in [0.05, 0.1) is 5.88 Å². The fourth-order valence-corrected chi connectivity index (χ4v) is 0.932. The van der Waals surface area contributed by atoms with Gasteiger partial charge in [0.2, 0.25) is 0 Å². The van der Waals surface area contributed by atoms with E-state index in [2.05, 4.69) is 10.9 Å². The lowest BCUT2D eigenvalue weighted by Crippen LogP contribution is -2.12. The molecule has 0 atom stereocenters. The van der Waals surface area contributed by atoms with Crippen LogP contribution in [0.3, 0.4) is 0 Å². The van der Waals surface area contributed by atoms with E-state index in [1.165, 1.54) is 12.1 Å². The fourth-order valence-electron chi connectivity index (χ4n) is 0.872. The van der Waals surface area contributed by atoms with Gasteiger partial charge in [0.1, 0.15) is 17.3 Å². The Morgan fingerprint density at radius 1 is 1.64 bits per heavy atom. The number of hydrogen-bond acceptors (Lipinski definition) is 1.